The number of piperidine rings is 2. The molecule has 1 aromatic heterocycles. The summed E-state index contributed by atoms with van der Waals surface area (Å²) in [7, 11) is 0. The Morgan fingerprint density at radius 3 is 2.22 bits per heavy atom. The van der Waals surface area contributed by atoms with Crippen LogP contribution >= 0.6 is 0 Å². The number of nitriles is 2. The molecule has 10 heteroatoms. The Balaban J connectivity index is 1.71. The lowest BCUT2D eigenvalue weighted by atomic mass is 9.97. The maximum Gasteiger partial charge on any atom is 0.293 e. The Bertz CT molecular complexity index is 1560. The van der Waals surface area contributed by atoms with E-state index in [4.69, 9.17) is 5.73 Å². The molecule has 2 atom stereocenters. The first-order valence-corrected chi connectivity index (χ1v) is 14.2. The van der Waals surface area contributed by atoms with E-state index in [1.807, 2.05) is 36.4 Å². The Kier molecular flexibility index (Phi) is 7.93. The lowest BCUT2D eigenvalue weighted by Gasteiger charge is -2.39. The minimum Gasteiger partial charge on any atom is -0.382 e. The van der Waals surface area contributed by atoms with E-state index in [1.54, 1.807) is 12.1 Å². The van der Waals surface area contributed by atoms with Gasteiger partial charge in [-0.3, -0.25) is 10.1 Å². The highest BCUT2D eigenvalue weighted by Gasteiger charge is 2.30. The van der Waals surface area contributed by atoms with Crippen LogP contribution in [-0.2, 0) is 0 Å². The zero-order valence-electron chi connectivity index (χ0n) is 23.5. The molecule has 0 aliphatic carbocycles. The largest absolute Gasteiger partial charge is 0.382 e. The number of hydrogen-bond acceptors (Lipinski definition) is 8. The van der Waals surface area contributed by atoms with Crippen LogP contribution in [-0.4, -0.2) is 39.9 Å². The van der Waals surface area contributed by atoms with E-state index in [1.165, 1.54) is 4.68 Å². The van der Waals surface area contributed by atoms with Gasteiger partial charge in [0.25, 0.3) is 5.69 Å². The molecule has 5 rings (SSSR count). The number of aromatic nitrogens is 2. The molecule has 3 heterocycles. The first kappa shape index (κ1) is 27.7. The highest BCUT2D eigenvalue weighted by atomic mass is 16.6. The predicted molar refractivity (Wildman–Crippen MR) is 161 cm³/mol. The molecule has 10 nitrogen and oxygen atoms in total. The molecule has 0 radical (unpaired) electrons. The smallest absolute Gasteiger partial charge is 0.293 e. The fraction of sp³-hybridized carbons (Fsp3) is 0.387. The van der Waals surface area contributed by atoms with Gasteiger partial charge in [0.15, 0.2) is 0 Å². The van der Waals surface area contributed by atoms with E-state index in [2.05, 4.69) is 40.9 Å². The Morgan fingerprint density at radius 2 is 1.66 bits per heavy atom. The molecule has 210 valence electrons. The van der Waals surface area contributed by atoms with Crippen LogP contribution in [0.1, 0.15) is 69.2 Å². The average Bonchev–Trinajstić information content (AvgIpc) is 3.32. The summed E-state index contributed by atoms with van der Waals surface area (Å²) in [4.78, 5) is 16.5. The number of rotatable bonds is 6. The van der Waals surface area contributed by atoms with E-state index < -0.39 is 0 Å². The van der Waals surface area contributed by atoms with E-state index in [0.717, 1.165) is 57.3 Å². The lowest BCUT2D eigenvalue weighted by Crippen LogP contribution is -2.39. The molecule has 0 spiro atoms. The Morgan fingerprint density at radius 1 is 1.02 bits per heavy atom. The standard InChI is InChI=1S/C31H34N8O2/c1-21-10-6-8-14-36(21)27-18-28(37-15-9-7-11-22(37)2)29(39(40)41)17-23(27)16-24(19-32)30-26(20-33)31(34)38(35-30)25-12-4-3-5-13-25/h3-5,12-13,16-18,21-22H,6-11,14-15,34H2,1-2H3/b24-16+/t21-,22-/m1/s1. The number of anilines is 3. The second kappa shape index (κ2) is 11.7. The van der Waals surface area contributed by atoms with Gasteiger partial charge >= 0.3 is 0 Å². The number of allylic oxidation sites excluding steroid dienone is 1. The van der Waals surface area contributed by atoms with Gasteiger partial charge in [-0.25, -0.2) is 4.68 Å². The number of benzene rings is 2. The number of nitrogen functional groups attached to an aromatic ring is 1. The van der Waals surface area contributed by atoms with E-state index in [9.17, 15) is 20.6 Å². The summed E-state index contributed by atoms with van der Waals surface area (Å²) in [5.74, 6) is 0.125. The third-order valence-corrected chi connectivity index (χ3v) is 8.25. The molecule has 0 bridgehead atoms. The molecule has 0 saturated carbocycles. The van der Waals surface area contributed by atoms with Gasteiger partial charge in [0, 0.05) is 42.5 Å². The summed E-state index contributed by atoms with van der Waals surface area (Å²) in [6, 6.07) is 17.4. The van der Waals surface area contributed by atoms with Crippen LogP contribution in [0, 0.1) is 32.8 Å². The first-order valence-electron chi connectivity index (χ1n) is 14.2. The van der Waals surface area contributed by atoms with Crippen molar-refractivity contribution in [2.45, 2.75) is 64.5 Å². The lowest BCUT2D eigenvalue weighted by molar-refractivity contribution is -0.384. The summed E-state index contributed by atoms with van der Waals surface area (Å²) >= 11 is 0. The normalized spacial score (nSPS) is 19.5. The highest BCUT2D eigenvalue weighted by Crippen LogP contribution is 2.41. The SMILES string of the molecule is C[C@@H]1CCCCN1c1cc(N2CCCC[C@H]2C)c([N+](=O)[O-])cc1/C=C(\C#N)c1nn(-c2ccccc2)c(N)c1C#N. The second-order valence-electron chi connectivity index (χ2n) is 10.9. The molecule has 3 aromatic rings. The zero-order chi connectivity index (χ0) is 29.1. The van der Waals surface area contributed by atoms with Crippen molar-refractivity contribution in [1.29, 1.82) is 10.5 Å². The molecule has 41 heavy (non-hydrogen) atoms. The summed E-state index contributed by atoms with van der Waals surface area (Å²) in [6.07, 6.45) is 7.84. The van der Waals surface area contributed by atoms with Crippen LogP contribution in [0.5, 0.6) is 0 Å². The molecular weight excluding hydrogens is 516 g/mol. The molecule has 2 aliphatic heterocycles. The van der Waals surface area contributed by atoms with Gasteiger partial charge in [0.05, 0.1) is 16.2 Å². The number of nitrogens with zero attached hydrogens (tertiary/aromatic N) is 7. The van der Waals surface area contributed by atoms with Crippen LogP contribution < -0.4 is 15.5 Å². The van der Waals surface area contributed by atoms with Gasteiger partial charge in [-0.1, -0.05) is 18.2 Å². The maximum atomic E-state index is 12.4. The summed E-state index contributed by atoms with van der Waals surface area (Å²) in [6.45, 7) is 5.86. The molecule has 2 aliphatic rings. The van der Waals surface area contributed by atoms with Crippen LogP contribution in [0.4, 0.5) is 22.9 Å². The number of hydrogen-bond donors (Lipinski definition) is 1. The van der Waals surface area contributed by atoms with Crippen molar-refractivity contribution in [2.75, 3.05) is 28.6 Å². The van der Waals surface area contributed by atoms with Crippen molar-refractivity contribution in [3.8, 4) is 17.8 Å². The summed E-state index contributed by atoms with van der Waals surface area (Å²) in [5, 5.41) is 37.2. The topological polar surface area (TPSA) is 141 Å². The average molecular weight is 551 g/mol. The van der Waals surface area contributed by atoms with Crippen molar-refractivity contribution >= 4 is 34.5 Å². The number of nitro groups is 1. The van der Waals surface area contributed by atoms with Crippen molar-refractivity contribution < 1.29 is 4.92 Å². The molecule has 2 saturated heterocycles. The molecule has 2 N–H and O–H groups in total. The van der Waals surface area contributed by atoms with Crippen molar-refractivity contribution in [3.05, 3.63) is 69.4 Å². The highest BCUT2D eigenvalue weighted by molar-refractivity contribution is 5.95. The van der Waals surface area contributed by atoms with Crippen LogP contribution in [0.25, 0.3) is 17.3 Å². The number of nitrogens with two attached hydrogens (primary N) is 1. The minimum atomic E-state index is -0.341. The van der Waals surface area contributed by atoms with Gasteiger partial charge in [-0.05, 0) is 76.6 Å². The Labute approximate surface area is 240 Å². The number of nitro benzene ring substituents is 1. The third-order valence-electron chi connectivity index (χ3n) is 8.25. The van der Waals surface area contributed by atoms with E-state index >= 15 is 0 Å². The van der Waals surface area contributed by atoms with Crippen LogP contribution in [0.3, 0.4) is 0 Å². The van der Waals surface area contributed by atoms with Gasteiger partial charge in [-0.15, -0.1) is 0 Å². The molecular formula is C31H34N8O2. The van der Waals surface area contributed by atoms with Crippen LogP contribution in [0.15, 0.2) is 42.5 Å². The monoisotopic (exact) mass is 550 g/mol. The summed E-state index contributed by atoms with van der Waals surface area (Å²) < 4.78 is 1.44. The first-order chi connectivity index (χ1) is 19.8. The van der Waals surface area contributed by atoms with E-state index in [-0.39, 0.29) is 45.3 Å². The number of para-hydroxylation sites is 1. The Hall–Kier alpha value is -4.83. The molecule has 0 unspecified atom stereocenters. The van der Waals surface area contributed by atoms with Crippen molar-refractivity contribution in [3.63, 3.8) is 0 Å². The minimum absolute atomic E-state index is 0.00513. The van der Waals surface area contributed by atoms with Gasteiger partial charge in [0.1, 0.15) is 34.9 Å². The second-order valence-corrected chi connectivity index (χ2v) is 10.9. The van der Waals surface area contributed by atoms with Crippen LogP contribution in [0.2, 0.25) is 0 Å². The maximum absolute atomic E-state index is 12.4. The third kappa shape index (κ3) is 5.33. The van der Waals surface area contributed by atoms with E-state index in [0.29, 0.717) is 16.9 Å². The van der Waals surface area contributed by atoms with Crippen molar-refractivity contribution in [1.82, 2.24) is 9.78 Å². The quantitative estimate of drug-likeness (QED) is 0.222. The molecule has 2 aromatic carbocycles. The fourth-order valence-electron chi connectivity index (χ4n) is 6.04. The summed E-state index contributed by atoms with van der Waals surface area (Å²) in [5.41, 5.74) is 9.32. The van der Waals surface area contributed by atoms with Gasteiger partial charge in [-0.2, -0.15) is 15.6 Å². The molecule has 0 amide bonds. The van der Waals surface area contributed by atoms with Gasteiger partial charge < -0.3 is 15.5 Å². The van der Waals surface area contributed by atoms with Gasteiger partial charge in [0.2, 0.25) is 0 Å². The fourth-order valence-corrected chi connectivity index (χ4v) is 6.04. The predicted octanol–water partition coefficient (Wildman–Crippen LogP) is 6.06. The zero-order valence-corrected chi connectivity index (χ0v) is 23.5. The molecule has 2 fully saturated rings. The van der Waals surface area contributed by atoms with Crippen molar-refractivity contribution in [2.24, 2.45) is 0 Å².